The minimum Gasteiger partial charge on any atom is -0.377 e. The lowest BCUT2D eigenvalue weighted by molar-refractivity contribution is -0.106. The number of imidazole rings is 1. The van der Waals surface area contributed by atoms with Gasteiger partial charge < -0.3 is 19.8 Å². The van der Waals surface area contributed by atoms with E-state index < -0.39 is 0 Å². The lowest BCUT2D eigenvalue weighted by Gasteiger charge is -2.54. The van der Waals surface area contributed by atoms with E-state index in [1.165, 1.54) is 5.69 Å². The Labute approximate surface area is 171 Å². The van der Waals surface area contributed by atoms with Crippen molar-refractivity contribution < 1.29 is 4.74 Å². The van der Waals surface area contributed by atoms with E-state index in [0.29, 0.717) is 24.6 Å². The molecule has 0 bridgehead atoms. The van der Waals surface area contributed by atoms with E-state index in [9.17, 15) is 0 Å². The number of guanidine groups is 1. The number of aromatic nitrogens is 2. The summed E-state index contributed by atoms with van der Waals surface area (Å²) in [7, 11) is 1.82. The number of halogens is 1. The number of ether oxygens (including phenoxy) is 1. The molecule has 0 amide bonds. The molecule has 3 unspecified atom stereocenters. The topological polar surface area (TPSA) is 63.0 Å². The number of rotatable bonds is 3. The lowest BCUT2D eigenvalue weighted by Crippen LogP contribution is -2.67. The number of hydrogen-bond acceptors (Lipinski definition) is 3. The van der Waals surface area contributed by atoms with Crippen LogP contribution in [0, 0.1) is 18.3 Å². The van der Waals surface area contributed by atoms with Gasteiger partial charge in [0.25, 0.3) is 0 Å². The second kappa shape index (κ2) is 7.34. The number of aryl methyl sites for hydroxylation is 1. The van der Waals surface area contributed by atoms with Gasteiger partial charge in [-0.3, -0.25) is 4.99 Å². The zero-order valence-corrected chi connectivity index (χ0v) is 18.2. The first-order valence-electron chi connectivity index (χ1n) is 9.03. The Kier molecular flexibility index (Phi) is 5.48. The van der Waals surface area contributed by atoms with Crippen LogP contribution in [0.15, 0.2) is 29.4 Å². The van der Waals surface area contributed by atoms with Crippen LogP contribution in [0.2, 0.25) is 0 Å². The van der Waals surface area contributed by atoms with E-state index in [0.717, 1.165) is 30.3 Å². The van der Waals surface area contributed by atoms with Crippen molar-refractivity contribution in [1.82, 2.24) is 20.0 Å². The van der Waals surface area contributed by atoms with Gasteiger partial charge in [0.1, 0.15) is 5.65 Å². The van der Waals surface area contributed by atoms with Crippen molar-refractivity contribution >= 4 is 35.6 Å². The van der Waals surface area contributed by atoms with E-state index in [-0.39, 0.29) is 29.4 Å². The standard InChI is InChI=1S/C19H27N5O.HI/c1-12-6-5-7-15-22-13(11-24(12)15)10-21-18(20-4)23-16-14-8-9-25-17(14)19(16,2)3;/h5-7,11,14,16-17H,8-10H2,1-4H3,(H2,20,21,23);1H. The molecule has 26 heavy (non-hydrogen) atoms. The van der Waals surface area contributed by atoms with Crippen molar-refractivity contribution in [2.24, 2.45) is 16.3 Å². The molecule has 4 rings (SSSR count). The van der Waals surface area contributed by atoms with Gasteiger partial charge >= 0.3 is 0 Å². The molecule has 1 aliphatic carbocycles. The molecule has 1 saturated heterocycles. The quantitative estimate of drug-likeness (QED) is 0.413. The minimum absolute atomic E-state index is 0. The average molecular weight is 469 g/mol. The molecule has 0 spiro atoms. The Balaban J connectivity index is 0.00000196. The highest BCUT2D eigenvalue weighted by Crippen LogP contribution is 2.52. The van der Waals surface area contributed by atoms with Crippen LogP contribution < -0.4 is 10.6 Å². The van der Waals surface area contributed by atoms with Gasteiger partial charge in [-0.05, 0) is 25.5 Å². The van der Waals surface area contributed by atoms with Crippen LogP contribution in [0.3, 0.4) is 0 Å². The largest absolute Gasteiger partial charge is 0.377 e. The van der Waals surface area contributed by atoms with E-state index >= 15 is 0 Å². The van der Waals surface area contributed by atoms with Crippen LogP contribution in [-0.4, -0.2) is 41.1 Å². The number of hydrogen-bond donors (Lipinski definition) is 2. The van der Waals surface area contributed by atoms with Crippen LogP contribution in [-0.2, 0) is 11.3 Å². The van der Waals surface area contributed by atoms with Crippen molar-refractivity contribution in [3.05, 3.63) is 35.8 Å². The maximum Gasteiger partial charge on any atom is 0.191 e. The van der Waals surface area contributed by atoms with Crippen molar-refractivity contribution in [2.75, 3.05) is 13.7 Å². The van der Waals surface area contributed by atoms with Gasteiger partial charge in [0.05, 0.1) is 18.3 Å². The summed E-state index contributed by atoms with van der Waals surface area (Å²) in [6.07, 6.45) is 3.60. The van der Waals surface area contributed by atoms with Gasteiger partial charge in [0.2, 0.25) is 0 Å². The number of nitrogens with one attached hydrogen (secondary N) is 2. The molecule has 7 heteroatoms. The molecule has 2 fully saturated rings. The fraction of sp³-hybridized carbons (Fsp3) is 0.579. The second-order valence-electron chi connectivity index (χ2n) is 7.74. The first-order chi connectivity index (χ1) is 12.0. The Morgan fingerprint density at radius 2 is 2.23 bits per heavy atom. The first kappa shape index (κ1) is 19.4. The van der Waals surface area contributed by atoms with Crippen LogP contribution in [0.1, 0.15) is 31.7 Å². The van der Waals surface area contributed by atoms with Crippen LogP contribution in [0.25, 0.3) is 5.65 Å². The molecule has 3 atom stereocenters. The van der Waals surface area contributed by atoms with Gasteiger partial charge in [0.15, 0.2) is 5.96 Å². The smallest absolute Gasteiger partial charge is 0.191 e. The predicted octanol–water partition coefficient (Wildman–Crippen LogP) is 2.74. The molecule has 1 saturated carbocycles. The van der Waals surface area contributed by atoms with E-state index in [1.807, 2.05) is 19.2 Å². The van der Waals surface area contributed by atoms with E-state index in [1.54, 1.807) is 0 Å². The zero-order valence-electron chi connectivity index (χ0n) is 15.8. The van der Waals surface area contributed by atoms with Crippen molar-refractivity contribution in [3.8, 4) is 0 Å². The number of nitrogens with zero attached hydrogens (tertiary/aromatic N) is 3. The molecular formula is C19H28IN5O. The summed E-state index contributed by atoms with van der Waals surface area (Å²) in [5, 5.41) is 7.01. The highest BCUT2D eigenvalue weighted by atomic mass is 127. The Morgan fingerprint density at radius 1 is 1.42 bits per heavy atom. The molecule has 1 aliphatic heterocycles. The molecule has 0 radical (unpaired) electrons. The third-order valence-corrected chi connectivity index (χ3v) is 5.80. The summed E-state index contributed by atoms with van der Waals surface area (Å²) in [5.41, 5.74) is 3.30. The monoisotopic (exact) mass is 469 g/mol. The van der Waals surface area contributed by atoms with Gasteiger partial charge in [-0.25, -0.2) is 4.98 Å². The van der Waals surface area contributed by atoms with Crippen LogP contribution >= 0.6 is 24.0 Å². The number of pyridine rings is 1. The van der Waals surface area contributed by atoms with Crippen molar-refractivity contribution in [2.45, 2.75) is 45.9 Å². The molecular weight excluding hydrogens is 441 g/mol. The predicted molar refractivity (Wildman–Crippen MR) is 114 cm³/mol. The maximum absolute atomic E-state index is 5.87. The molecule has 3 heterocycles. The fourth-order valence-electron chi connectivity index (χ4n) is 4.42. The Hall–Kier alpha value is -1.35. The Bertz CT molecular complexity index is 815. The average Bonchev–Trinajstić information content (AvgIpc) is 3.21. The Morgan fingerprint density at radius 3 is 2.96 bits per heavy atom. The highest BCUT2D eigenvalue weighted by Gasteiger charge is 2.59. The fourth-order valence-corrected chi connectivity index (χ4v) is 4.42. The first-order valence-corrected chi connectivity index (χ1v) is 9.03. The van der Waals surface area contributed by atoms with Gasteiger partial charge in [-0.15, -0.1) is 24.0 Å². The maximum atomic E-state index is 5.87. The molecule has 6 nitrogen and oxygen atoms in total. The normalized spacial score (nSPS) is 26.8. The van der Waals surface area contributed by atoms with E-state index in [4.69, 9.17) is 4.74 Å². The molecule has 2 N–H and O–H groups in total. The molecule has 142 valence electrons. The summed E-state index contributed by atoms with van der Waals surface area (Å²) in [6.45, 7) is 8.16. The summed E-state index contributed by atoms with van der Waals surface area (Å²) in [5.74, 6) is 1.42. The summed E-state index contributed by atoms with van der Waals surface area (Å²) < 4.78 is 7.99. The number of aliphatic imine (C=N–C) groups is 1. The zero-order chi connectivity index (χ0) is 17.6. The highest BCUT2D eigenvalue weighted by molar-refractivity contribution is 14.0. The minimum atomic E-state index is 0. The summed E-state index contributed by atoms with van der Waals surface area (Å²) >= 11 is 0. The molecule has 0 aromatic carbocycles. The third-order valence-electron chi connectivity index (χ3n) is 5.80. The van der Waals surface area contributed by atoms with Gasteiger partial charge in [0, 0.05) is 42.9 Å². The molecule has 2 aromatic heterocycles. The van der Waals surface area contributed by atoms with Crippen molar-refractivity contribution in [1.29, 1.82) is 0 Å². The molecule has 2 aliphatic rings. The van der Waals surface area contributed by atoms with Gasteiger partial charge in [-0.1, -0.05) is 19.9 Å². The van der Waals surface area contributed by atoms with E-state index in [2.05, 4.69) is 58.0 Å². The lowest BCUT2D eigenvalue weighted by atomic mass is 9.57. The van der Waals surface area contributed by atoms with Crippen LogP contribution in [0.5, 0.6) is 0 Å². The molecule has 2 aromatic rings. The van der Waals surface area contributed by atoms with Crippen molar-refractivity contribution in [3.63, 3.8) is 0 Å². The summed E-state index contributed by atoms with van der Waals surface area (Å²) in [6, 6.07) is 6.55. The second-order valence-corrected chi connectivity index (χ2v) is 7.74. The van der Waals surface area contributed by atoms with Crippen LogP contribution in [0.4, 0.5) is 0 Å². The number of fused-ring (bicyclic) bond motifs is 2. The SMILES string of the molecule is CN=C(NCc1cn2c(C)cccc2n1)NC1C2CCOC2C1(C)C.I. The third kappa shape index (κ3) is 3.19. The summed E-state index contributed by atoms with van der Waals surface area (Å²) in [4.78, 5) is 9.07. The van der Waals surface area contributed by atoms with Gasteiger partial charge in [-0.2, -0.15) is 0 Å².